The van der Waals surface area contributed by atoms with E-state index in [-0.39, 0.29) is 18.4 Å². The number of halogens is 1. The molecule has 2 aliphatic heterocycles. The number of rotatable bonds is 7. The van der Waals surface area contributed by atoms with Crippen molar-refractivity contribution in [3.8, 4) is 0 Å². The van der Waals surface area contributed by atoms with Gasteiger partial charge < -0.3 is 10.2 Å². The highest BCUT2D eigenvalue weighted by atomic mass is 35.5. The van der Waals surface area contributed by atoms with E-state index in [4.69, 9.17) is 11.6 Å². The van der Waals surface area contributed by atoms with Gasteiger partial charge in [0.15, 0.2) is 0 Å². The maximum Gasteiger partial charge on any atom is 0.265 e. The van der Waals surface area contributed by atoms with Crippen LogP contribution in [-0.4, -0.2) is 49.4 Å². The third-order valence-corrected chi connectivity index (χ3v) is 7.51. The van der Waals surface area contributed by atoms with E-state index < -0.39 is 0 Å². The normalized spacial score (nSPS) is 22.0. The molecule has 2 aromatic rings. The third kappa shape index (κ3) is 6.44. The summed E-state index contributed by atoms with van der Waals surface area (Å²) in [6.45, 7) is 8.50. The summed E-state index contributed by atoms with van der Waals surface area (Å²) in [7, 11) is 0. The van der Waals surface area contributed by atoms with Crippen LogP contribution in [0.3, 0.4) is 0 Å². The summed E-state index contributed by atoms with van der Waals surface area (Å²) in [6, 6.07) is 15.1. The molecule has 0 aliphatic carbocycles. The van der Waals surface area contributed by atoms with E-state index >= 15 is 0 Å². The summed E-state index contributed by atoms with van der Waals surface area (Å²) >= 11 is 7.54. The van der Waals surface area contributed by atoms with Crippen LogP contribution in [0.25, 0.3) is 6.08 Å². The molecule has 2 heterocycles. The van der Waals surface area contributed by atoms with Crippen LogP contribution < -0.4 is 10.2 Å². The average Bonchev–Trinajstić information content (AvgIpc) is 2.79. The van der Waals surface area contributed by atoms with Crippen molar-refractivity contribution in [3.63, 3.8) is 0 Å². The highest BCUT2D eigenvalue weighted by Crippen LogP contribution is 2.42. The first-order valence-corrected chi connectivity index (χ1v) is 13.1. The number of nitrogens with one attached hydrogen (secondary N) is 1. The van der Waals surface area contributed by atoms with Gasteiger partial charge in [-0.2, -0.15) is 0 Å². The number of nitrogens with zero attached hydrogens (tertiary/aromatic N) is 2. The molecule has 0 saturated carbocycles. The highest BCUT2D eigenvalue weighted by Gasteiger charge is 2.30. The van der Waals surface area contributed by atoms with Gasteiger partial charge in [-0.3, -0.25) is 14.5 Å². The van der Waals surface area contributed by atoms with Crippen LogP contribution in [0.4, 0.5) is 5.69 Å². The molecular formula is C27H32ClN3O2S. The predicted octanol–water partition coefficient (Wildman–Crippen LogP) is 5.30. The number of carbonyl (C=O) groups excluding carboxylic acids is 2. The van der Waals surface area contributed by atoms with Gasteiger partial charge in [0.2, 0.25) is 5.91 Å². The molecule has 0 bridgehead atoms. The fourth-order valence-corrected chi connectivity index (χ4v) is 6.13. The number of thioether (sulfide) groups is 1. The number of benzene rings is 2. The topological polar surface area (TPSA) is 52.7 Å². The molecule has 1 saturated heterocycles. The van der Waals surface area contributed by atoms with E-state index in [0.717, 1.165) is 54.0 Å². The maximum absolute atomic E-state index is 13.3. The van der Waals surface area contributed by atoms with E-state index in [1.807, 2.05) is 48.5 Å². The quantitative estimate of drug-likeness (QED) is 0.416. The van der Waals surface area contributed by atoms with Gasteiger partial charge in [-0.25, -0.2) is 0 Å². The van der Waals surface area contributed by atoms with Crippen molar-refractivity contribution in [3.05, 3.63) is 64.0 Å². The zero-order valence-electron chi connectivity index (χ0n) is 19.8. The Kier molecular flexibility index (Phi) is 8.35. The van der Waals surface area contributed by atoms with E-state index in [0.29, 0.717) is 16.5 Å². The van der Waals surface area contributed by atoms with Gasteiger partial charge in [0.25, 0.3) is 5.91 Å². The van der Waals surface area contributed by atoms with Gasteiger partial charge in [-0.05, 0) is 67.1 Å². The number of carbonyl (C=O) groups is 2. The van der Waals surface area contributed by atoms with Crippen LogP contribution in [0.1, 0.15) is 32.3 Å². The fraction of sp³-hybridized carbons (Fsp3) is 0.407. The standard InChI is InChI=1S/C27H32ClN3O2S/c1-19-13-20(2)17-30(16-19)12-6-11-29-26(32)18-31-23-9-3-4-10-24(23)34-25(27(31)33)15-21-7-5-8-22(28)14-21/h3-5,7-10,14-15,19-20H,6,11-13,16-18H2,1-2H3,(H,29,32)/b25-15+. The van der Waals surface area contributed by atoms with Crippen LogP contribution in [0.15, 0.2) is 58.3 Å². The van der Waals surface area contributed by atoms with Gasteiger partial charge in [-0.15, -0.1) is 0 Å². The summed E-state index contributed by atoms with van der Waals surface area (Å²) < 4.78 is 0. The molecule has 2 unspecified atom stereocenters. The number of hydrogen-bond donors (Lipinski definition) is 1. The number of fused-ring (bicyclic) bond motifs is 1. The van der Waals surface area contributed by atoms with Crippen molar-refractivity contribution in [2.24, 2.45) is 11.8 Å². The van der Waals surface area contributed by atoms with Crippen LogP contribution in [0.5, 0.6) is 0 Å². The summed E-state index contributed by atoms with van der Waals surface area (Å²) in [5, 5.41) is 3.63. The monoisotopic (exact) mass is 497 g/mol. The van der Waals surface area contributed by atoms with Gasteiger partial charge >= 0.3 is 0 Å². The van der Waals surface area contributed by atoms with E-state index in [2.05, 4.69) is 24.1 Å². The molecule has 1 fully saturated rings. The lowest BCUT2D eigenvalue weighted by Crippen LogP contribution is -2.43. The zero-order chi connectivity index (χ0) is 24.1. The van der Waals surface area contributed by atoms with Gasteiger partial charge in [0.1, 0.15) is 6.54 Å². The Hall–Kier alpha value is -2.28. The molecule has 34 heavy (non-hydrogen) atoms. The van der Waals surface area contributed by atoms with Crippen molar-refractivity contribution in [1.82, 2.24) is 10.2 Å². The molecular weight excluding hydrogens is 466 g/mol. The first kappa shape index (κ1) is 24.8. The van der Waals surface area contributed by atoms with Crippen molar-refractivity contribution in [2.75, 3.05) is 37.6 Å². The lowest BCUT2D eigenvalue weighted by atomic mass is 9.92. The molecule has 1 N–H and O–H groups in total. The summed E-state index contributed by atoms with van der Waals surface area (Å²) in [6.07, 6.45) is 4.04. The third-order valence-electron chi connectivity index (χ3n) is 6.20. The first-order chi connectivity index (χ1) is 16.4. The Morgan fingerprint density at radius 3 is 2.68 bits per heavy atom. The number of likely N-dealkylation sites (tertiary alicyclic amines) is 1. The number of hydrogen-bond acceptors (Lipinski definition) is 4. The molecule has 0 aromatic heterocycles. The molecule has 2 aromatic carbocycles. The number of para-hydroxylation sites is 1. The summed E-state index contributed by atoms with van der Waals surface area (Å²) in [4.78, 5) is 31.7. The Labute approximate surface area is 211 Å². The molecule has 2 aliphatic rings. The minimum absolute atomic E-state index is 0.00107. The summed E-state index contributed by atoms with van der Waals surface area (Å²) in [5.74, 6) is 1.15. The van der Waals surface area contributed by atoms with E-state index in [1.165, 1.54) is 18.2 Å². The molecule has 5 nitrogen and oxygen atoms in total. The van der Waals surface area contributed by atoms with Gasteiger partial charge in [0.05, 0.1) is 10.6 Å². The Morgan fingerprint density at radius 1 is 1.15 bits per heavy atom. The molecule has 0 radical (unpaired) electrons. The molecule has 7 heteroatoms. The van der Waals surface area contributed by atoms with Crippen LogP contribution >= 0.6 is 23.4 Å². The van der Waals surface area contributed by atoms with E-state index in [9.17, 15) is 9.59 Å². The minimum Gasteiger partial charge on any atom is -0.355 e. The molecule has 2 atom stereocenters. The Balaban J connectivity index is 1.38. The van der Waals surface area contributed by atoms with Crippen LogP contribution in [0.2, 0.25) is 5.02 Å². The Bertz CT molecular complexity index is 1060. The highest BCUT2D eigenvalue weighted by molar-refractivity contribution is 8.04. The van der Waals surface area contributed by atoms with Crippen LogP contribution in [-0.2, 0) is 9.59 Å². The van der Waals surface area contributed by atoms with E-state index in [1.54, 1.807) is 11.0 Å². The summed E-state index contributed by atoms with van der Waals surface area (Å²) in [5.41, 5.74) is 1.63. The second-order valence-corrected chi connectivity index (χ2v) is 11.0. The Morgan fingerprint density at radius 2 is 1.91 bits per heavy atom. The first-order valence-electron chi connectivity index (χ1n) is 11.9. The molecule has 4 rings (SSSR count). The number of anilines is 1. The van der Waals surface area contributed by atoms with Crippen molar-refractivity contribution >= 4 is 46.9 Å². The lowest BCUT2D eigenvalue weighted by molar-refractivity contribution is -0.122. The van der Waals surface area contributed by atoms with Crippen LogP contribution in [0, 0.1) is 11.8 Å². The molecule has 0 spiro atoms. The van der Waals surface area contributed by atoms with Crippen molar-refractivity contribution < 1.29 is 9.59 Å². The largest absolute Gasteiger partial charge is 0.355 e. The minimum atomic E-state index is -0.171. The number of piperidine rings is 1. The lowest BCUT2D eigenvalue weighted by Gasteiger charge is -2.35. The number of amides is 2. The molecule has 180 valence electrons. The second kappa shape index (κ2) is 11.4. The molecule has 2 amide bonds. The van der Waals surface area contributed by atoms with Gasteiger partial charge in [-0.1, -0.05) is 61.5 Å². The predicted molar refractivity (Wildman–Crippen MR) is 141 cm³/mol. The fourth-order valence-electron chi connectivity index (χ4n) is 4.87. The SMILES string of the molecule is CC1CC(C)CN(CCCNC(=O)CN2C(=O)/C(=C\c3cccc(Cl)c3)Sc3ccccc32)C1. The second-order valence-electron chi connectivity index (χ2n) is 9.43. The average molecular weight is 498 g/mol. The van der Waals surface area contributed by atoms with Crippen molar-refractivity contribution in [1.29, 1.82) is 0 Å². The van der Waals surface area contributed by atoms with Gasteiger partial charge in [0, 0.05) is 29.6 Å². The van der Waals surface area contributed by atoms with Crippen molar-refractivity contribution in [2.45, 2.75) is 31.6 Å². The smallest absolute Gasteiger partial charge is 0.265 e. The zero-order valence-corrected chi connectivity index (χ0v) is 21.4. The maximum atomic E-state index is 13.3.